The third kappa shape index (κ3) is 3.76. The number of halogens is 1. The summed E-state index contributed by atoms with van der Waals surface area (Å²) in [5, 5.41) is 10.1. The molecular formula is C17H17ClO3. The number of rotatable bonds is 5. The Labute approximate surface area is 129 Å². The van der Waals surface area contributed by atoms with Gasteiger partial charge in [-0.05, 0) is 37.1 Å². The van der Waals surface area contributed by atoms with E-state index in [1.807, 2.05) is 31.2 Å². The molecule has 4 heteroatoms. The molecule has 0 spiro atoms. The number of aliphatic carboxylic acids is 1. The van der Waals surface area contributed by atoms with Crippen molar-refractivity contribution in [1.82, 2.24) is 0 Å². The molecule has 0 amide bonds. The van der Waals surface area contributed by atoms with Gasteiger partial charge in [-0.15, -0.1) is 0 Å². The molecule has 1 atom stereocenters. The first-order valence-electron chi connectivity index (χ1n) is 6.63. The number of methoxy groups -OCH3 is 1. The molecule has 110 valence electrons. The summed E-state index contributed by atoms with van der Waals surface area (Å²) in [4.78, 5) is 11.7. The molecule has 0 radical (unpaired) electrons. The van der Waals surface area contributed by atoms with Crippen LogP contribution in [0.15, 0.2) is 42.5 Å². The Morgan fingerprint density at radius 1 is 1.29 bits per heavy atom. The van der Waals surface area contributed by atoms with E-state index in [1.165, 1.54) is 7.11 Å². The van der Waals surface area contributed by atoms with Gasteiger partial charge in [0.2, 0.25) is 0 Å². The van der Waals surface area contributed by atoms with Crippen molar-refractivity contribution in [3.8, 4) is 5.75 Å². The van der Waals surface area contributed by atoms with Crippen molar-refractivity contribution >= 4 is 17.6 Å². The first kappa shape index (κ1) is 15.4. The van der Waals surface area contributed by atoms with E-state index in [0.717, 1.165) is 11.1 Å². The molecule has 0 aliphatic heterocycles. The van der Waals surface area contributed by atoms with Crippen LogP contribution >= 0.6 is 11.6 Å². The Kier molecular flexibility index (Phi) is 4.86. The lowest BCUT2D eigenvalue weighted by molar-refractivity contribution is -0.138. The van der Waals surface area contributed by atoms with Gasteiger partial charge in [-0.25, -0.2) is 0 Å². The summed E-state index contributed by atoms with van der Waals surface area (Å²) in [7, 11) is 1.53. The summed E-state index contributed by atoms with van der Waals surface area (Å²) in [5.74, 6) is -1.04. The summed E-state index contributed by atoms with van der Waals surface area (Å²) in [5.41, 5.74) is 2.68. The molecule has 0 heterocycles. The summed E-state index contributed by atoms with van der Waals surface area (Å²) < 4.78 is 5.27. The fourth-order valence-corrected chi connectivity index (χ4v) is 2.56. The summed E-state index contributed by atoms with van der Waals surface area (Å²) >= 11 is 6.00. The normalized spacial score (nSPS) is 12.0. The third-order valence-electron chi connectivity index (χ3n) is 3.39. The molecule has 0 aliphatic rings. The number of carboxylic acid groups (broad SMARTS) is 1. The summed E-state index contributed by atoms with van der Waals surface area (Å²) in [6.07, 6.45) is 0.397. The zero-order valence-corrected chi connectivity index (χ0v) is 12.7. The van der Waals surface area contributed by atoms with Crippen LogP contribution in [0.4, 0.5) is 0 Å². The lowest BCUT2D eigenvalue weighted by Gasteiger charge is -2.17. The first-order chi connectivity index (χ1) is 10.0. The highest BCUT2D eigenvalue weighted by molar-refractivity contribution is 6.30. The largest absolute Gasteiger partial charge is 0.496 e. The monoisotopic (exact) mass is 304 g/mol. The average Bonchev–Trinajstić information content (AvgIpc) is 2.44. The Morgan fingerprint density at radius 2 is 2.05 bits per heavy atom. The van der Waals surface area contributed by atoms with Gasteiger partial charge in [0.05, 0.1) is 13.0 Å². The van der Waals surface area contributed by atoms with E-state index in [1.54, 1.807) is 18.2 Å². The average molecular weight is 305 g/mol. The molecule has 0 saturated heterocycles. The number of carbonyl (C=O) groups is 1. The second-order valence-electron chi connectivity index (χ2n) is 4.97. The number of aryl methyl sites for hydroxylation is 1. The van der Waals surface area contributed by atoms with Gasteiger partial charge in [-0.2, -0.15) is 0 Å². The van der Waals surface area contributed by atoms with E-state index in [2.05, 4.69) is 0 Å². The molecule has 1 N–H and O–H groups in total. The van der Waals surface area contributed by atoms with Crippen molar-refractivity contribution in [2.24, 2.45) is 0 Å². The van der Waals surface area contributed by atoms with E-state index < -0.39 is 11.9 Å². The van der Waals surface area contributed by atoms with Crippen molar-refractivity contribution in [2.45, 2.75) is 19.3 Å². The van der Waals surface area contributed by atoms with E-state index in [-0.39, 0.29) is 0 Å². The lowest BCUT2D eigenvalue weighted by atomic mass is 9.91. The number of benzene rings is 2. The molecule has 2 aromatic carbocycles. The van der Waals surface area contributed by atoms with Gasteiger partial charge in [0.15, 0.2) is 0 Å². The van der Waals surface area contributed by atoms with Crippen LogP contribution in [0.25, 0.3) is 0 Å². The highest BCUT2D eigenvalue weighted by Crippen LogP contribution is 2.32. The standard InChI is InChI=1S/C17H17ClO3/c1-11-4-3-5-12(8-11)9-15(17(19)20)14-10-13(18)6-7-16(14)21-2/h3-8,10,15H,9H2,1-2H3,(H,19,20). The van der Waals surface area contributed by atoms with Crippen LogP contribution in [-0.2, 0) is 11.2 Å². The molecule has 2 rings (SSSR count). The van der Waals surface area contributed by atoms with Gasteiger partial charge >= 0.3 is 5.97 Å². The van der Waals surface area contributed by atoms with E-state index >= 15 is 0 Å². The second-order valence-corrected chi connectivity index (χ2v) is 5.41. The fraction of sp³-hybridized carbons (Fsp3) is 0.235. The van der Waals surface area contributed by atoms with Gasteiger partial charge in [-0.1, -0.05) is 41.4 Å². The minimum absolute atomic E-state index is 0.397. The van der Waals surface area contributed by atoms with Crippen LogP contribution in [-0.4, -0.2) is 18.2 Å². The van der Waals surface area contributed by atoms with Crippen LogP contribution in [0.2, 0.25) is 5.02 Å². The topological polar surface area (TPSA) is 46.5 Å². The Morgan fingerprint density at radius 3 is 2.67 bits per heavy atom. The maximum Gasteiger partial charge on any atom is 0.311 e. The predicted molar refractivity (Wildman–Crippen MR) is 83.3 cm³/mol. The highest BCUT2D eigenvalue weighted by atomic mass is 35.5. The van der Waals surface area contributed by atoms with Crippen molar-refractivity contribution in [1.29, 1.82) is 0 Å². The van der Waals surface area contributed by atoms with Gasteiger partial charge < -0.3 is 9.84 Å². The van der Waals surface area contributed by atoms with Gasteiger partial charge in [0.25, 0.3) is 0 Å². The van der Waals surface area contributed by atoms with Crippen LogP contribution < -0.4 is 4.74 Å². The van der Waals surface area contributed by atoms with Crippen molar-refractivity contribution < 1.29 is 14.6 Å². The number of hydrogen-bond donors (Lipinski definition) is 1. The molecular weight excluding hydrogens is 288 g/mol. The van der Waals surface area contributed by atoms with Crippen LogP contribution in [0.5, 0.6) is 5.75 Å². The van der Waals surface area contributed by atoms with E-state index in [0.29, 0.717) is 22.8 Å². The number of ether oxygens (including phenoxy) is 1. The molecule has 21 heavy (non-hydrogen) atoms. The van der Waals surface area contributed by atoms with Gasteiger partial charge in [0.1, 0.15) is 5.75 Å². The molecule has 3 nitrogen and oxygen atoms in total. The molecule has 0 saturated carbocycles. The summed E-state index contributed by atoms with van der Waals surface area (Å²) in [6.45, 7) is 1.99. The van der Waals surface area contributed by atoms with Crippen LogP contribution in [0.3, 0.4) is 0 Å². The summed E-state index contributed by atoms with van der Waals surface area (Å²) in [6, 6.07) is 12.9. The zero-order valence-electron chi connectivity index (χ0n) is 12.0. The predicted octanol–water partition coefficient (Wildman–Crippen LogP) is 4.07. The van der Waals surface area contributed by atoms with Crippen molar-refractivity contribution in [3.63, 3.8) is 0 Å². The highest BCUT2D eigenvalue weighted by Gasteiger charge is 2.24. The molecule has 0 fully saturated rings. The molecule has 0 aromatic heterocycles. The Bertz CT molecular complexity index is 652. The van der Waals surface area contributed by atoms with Crippen molar-refractivity contribution in [2.75, 3.05) is 7.11 Å². The maximum atomic E-state index is 11.7. The van der Waals surface area contributed by atoms with Gasteiger partial charge in [0, 0.05) is 10.6 Å². The minimum Gasteiger partial charge on any atom is -0.496 e. The van der Waals surface area contributed by atoms with Crippen molar-refractivity contribution in [3.05, 3.63) is 64.2 Å². The quantitative estimate of drug-likeness (QED) is 0.906. The van der Waals surface area contributed by atoms with Gasteiger partial charge in [-0.3, -0.25) is 4.79 Å². The fourth-order valence-electron chi connectivity index (χ4n) is 2.38. The van der Waals surface area contributed by atoms with E-state index in [4.69, 9.17) is 16.3 Å². The minimum atomic E-state index is -0.892. The Balaban J connectivity index is 2.40. The third-order valence-corrected chi connectivity index (χ3v) is 3.62. The molecule has 0 bridgehead atoms. The number of hydrogen-bond acceptors (Lipinski definition) is 2. The molecule has 0 aliphatic carbocycles. The second kappa shape index (κ2) is 6.64. The first-order valence-corrected chi connectivity index (χ1v) is 7.01. The smallest absolute Gasteiger partial charge is 0.311 e. The maximum absolute atomic E-state index is 11.7. The van der Waals surface area contributed by atoms with E-state index in [9.17, 15) is 9.90 Å². The van der Waals surface area contributed by atoms with Crippen LogP contribution in [0, 0.1) is 6.92 Å². The Hall–Kier alpha value is -2.00. The molecule has 2 aromatic rings. The lowest BCUT2D eigenvalue weighted by Crippen LogP contribution is -2.15. The SMILES string of the molecule is COc1ccc(Cl)cc1C(Cc1cccc(C)c1)C(=O)O. The zero-order chi connectivity index (χ0) is 15.4. The molecule has 1 unspecified atom stereocenters. The van der Waals surface area contributed by atoms with Crippen LogP contribution in [0.1, 0.15) is 22.6 Å². The number of carboxylic acids is 1.